The highest BCUT2D eigenvalue weighted by Gasteiger charge is 2.44. The molecule has 22 heavy (non-hydrogen) atoms. The predicted octanol–water partition coefficient (Wildman–Crippen LogP) is 3.80. The summed E-state index contributed by atoms with van der Waals surface area (Å²) in [6, 6.07) is 6.11. The normalized spacial score (nSPS) is 27.8. The number of aromatic nitrogens is 1. The van der Waals surface area contributed by atoms with Crippen LogP contribution in [-0.2, 0) is 5.54 Å². The average molecular weight is 335 g/mol. The number of benzene rings is 1. The second-order valence-electron chi connectivity index (χ2n) is 5.95. The number of anilines is 1. The van der Waals surface area contributed by atoms with Crippen LogP contribution in [0.2, 0.25) is 0 Å². The largest absolute Gasteiger partial charge is 0.497 e. The second kappa shape index (κ2) is 5.76. The number of nitrogens with one attached hydrogen (secondary N) is 2. The van der Waals surface area contributed by atoms with E-state index in [1.165, 1.54) is 10.4 Å². The summed E-state index contributed by atoms with van der Waals surface area (Å²) in [5, 5.41) is 7.38. The molecule has 0 saturated carbocycles. The summed E-state index contributed by atoms with van der Waals surface area (Å²) in [5.41, 5.74) is 4.14. The lowest BCUT2D eigenvalue weighted by molar-refractivity contribution is 0.390. The van der Waals surface area contributed by atoms with Crippen molar-refractivity contribution in [3.8, 4) is 5.75 Å². The maximum absolute atomic E-state index is 5.27. The van der Waals surface area contributed by atoms with Crippen molar-refractivity contribution in [2.45, 2.75) is 31.3 Å². The van der Waals surface area contributed by atoms with Gasteiger partial charge in [0.05, 0.1) is 18.2 Å². The van der Waals surface area contributed by atoms with Crippen LogP contribution in [0.1, 0.15) is 24.3 Å². The fraction of sp³-hybridized carbons (Fsp3) is 0.438. The van der Waals surface area contributed by atoms with Crippen LogP contribution < -0.4 is 15.4 Å². The zero-order valence-electron chi connectivity index (χ0n) is 13.3. The van der Waals surface area contributed by atoms with E-state index >= 15 is 0 Å². The first kappa shape index (κ1) is 15.6. The van der Waals surface area contributed by atoms with Crippen LogP contribution >= 0.6 is 23.1 Å². The van der Waals surface area contributed by atoms with Crippen LogP contribution in [0.3, 0.4) is 0 Å². The van der Waals surface area contributed by atoms with Crippen molar-refractivity contribution in [3.05, 3.63) is 40.3 Å². The lowest BCUT2D eigenvalue weighted by Crippen LogP contribution is -2.49. The molecule has 1 saturated heterocycles. The Bertz CT molecular complexity index is 661. The molecule has 2 atom stereocenters. The summed E-state index contributed by atoms with van der Waals surface area (Å²) in [5.74, 6) is 1.89. The molecule has 0 amide bonds. The number of aryl methyl sites for hydroxylation is 1. The van der Waals surface area contributed by atoms with E-state index in [2.05, 4.69) is 42.5 Å². The Morgan fingerprint density at radius 2 is 2.18 bits per heavy atom. The molecule has 2 heterocycles. The van der Waals surface area contributed by atoms with Gasteiger partial charge in [0.1, 0.15) is 10.7 Å². The molecule has 0 radical (unpaired) electrons. The maximum atomic E-state index is 5.27. The minimum absolute atomic E-state index is 0.0477. The van der Waals surface area contributed by atoms with Gasteiger partial charge in [0.2, 0.25) is 0 Å². The number of ether oxygens (including phenoxy) is 1. The third kappa shape index (κ3) is 2.95. The number of rotatable bonds is 4. The van der Waals surface area contributed by atoms with Gasteiger partial charge in [-0.1, -0.05) is 0 Å². The van der Waals surface area contributed by atoms with Gasteiger partial charge in [0.25, 0.3) is 0 Å². The fourth-order valence-electron chi connectivity index (χ4n) is 2.74. The SMILES string of the molecule is COc1ccc(NC2(C)NC(C)(c3cncs3)CS2)c(C)c1. The van der Waals surface area contributed by atoms with Crippen LogP contribution in [0.15, 0.2) is 29.9 Å². The Kier molecular flexibility index (Phi) is 4.09. The van der Waals surface area contributed by atoms with Crippen LogP contribution in [0, 0.1) is 6.92 Å². The minimum Gasteiger partial charge on any atom is -0.497 e. The topological polar surface area (TPSA) is 46.2 Å². The Balaban J connectivity index is 1.78. The molecule has 1 aliphatic heterocycles. The summed E-state index contributed by atoms with van der Waals surface area (Å²) >= 11 is 3.59. The van der Waals surface area contributed by atoms with Crippen LogP contribution in [0.4, 0.5) is 5.69 Å². The number of thioether (sulfide) groups is 1. The molecule has 0 bridgehead atoms. The van der Waals surface area contributed by atoms with Gasteiger partial charge in [-0.3, -0.25) is 10.3 Å². The average Bonchev–Trinajstić information content (AvgIpc) is 3.11. The summed E-state index contributed by atoms with van der Waals surface area (Å²) in [6.45, 7) is 6.52. The van der Waals surface area contributed by atoms with E-state index in [-0.39, 0.29) is 10.5 Å². The third-order valence-electron chi connectivity index (χ3n) is 3.95. The third-order valence-corrected chi connectivity index (χ3v) is 6.49. The van der Waals surface area contributed by atoms with E-state index < -0.39 is 0 Å². The first-order valence-corrected chi connectivity index (χ1v) is 9.06. The zero-order chi connectivity index (χ0) is 15.8. The number of thiazole rings is 1. The molecule has 2 N–H and O–H groups in total. The first-order valence-electron chi connectivity index (χ1n) is 7.19. The van der Waals surface area contributed by atoms with Gasteiger partial charge in [0.15, 0.2) is 0 Å². The van der Waals surface area contributed by atoms with Gasteiger partial charge in [-0.25, -0.2) is 0 Å². The van der Waals surface area contributed by atoms with Crippen LogP contribution in [0.5, 0.6) is 5.75 Å². The Labute approximate surface area is 139 Å². The van der Waals surface area contributed by atoms with Gasteiger partial charge in [0, 0.05) is 22.5 Å². The second-order valence-corrected chi connectivity index (χ2v) is 8.23. The van der Waals surface area contributed by atoms with Crippen molar-refractivity contribution in [1.82, 2.24) is 10.3 Å². The highest BCUT2D eigenvalue weighted by atomic mass is 32.2. The number of hydrogen-bond donors (Lipinski definition) is 2. The molecule has 2 aromatic rings. The summed E-state index contributed by atoms with van der Waals surface area (Å²) in [7, 11) is 1.69. The van der Waals surface area contributed by atoms with Crippen molar-refractivity contribution in [3.63, 3.8) is 0 Å². The van der Waals surface area contributed by atoms with E-state index in [1.54, 1.807) is 18.4 Å². The van der Waals surface area contributed by atoms with Crippen molar-refractivity contribution in [1.29, 1.82) is 0 Å². The van der Waals surface area contributed by atoms with E-state index in [0.29, 0.717) is 0 Å². The molecule has 1 aliphatic rings. The van der Waals surface area contributed by atoms with Crippen molar-refractivity contribution in [2.75, 3.05) is 18.2 Å². The van der Waals surface area contributed by atoms with E-state index in [1.807, 2.05) is 35.6 Å². The zero-order valence-corrected chi connectivity index (χ0v) is 14.9. The van der Waals surface area contributed by atoms with Gasteiger partial charge in [-0.2, -0.15) is 0 Å². The Morgan fingerprint density at radius 3 is 2.82 bits per heavy atom. The quantitative estimate of drug-likeness (QED) is 0.890. The monoisotopic (exact) mass is 335 g/mol. The van der Waals surface area contributed by atoms with Gasteiger partial charge in [-0.05, 0) is 44.5 Å². The van der Waals surface area contributed by atoms with Gasteiger partial charge < -0.3 is 10.1 Å². The molecule has 118 valence electrons. The molecule has 0 spiro atoms. The lowest BCUT2D eigenvalue weighted by atomic mass is 10.0. The smallest absolute Gasteiger partial charge is 0.134 e. The molecule has 4 nitrogen and oxygen atoms in total. The molecule has 3 rings (SSSR count). The molecule has 1 fully saturated rings. The fourth-order valence-corrected chi connectivity index (χ4v) is 4.85. The molecular weight excluding hydrogens is 314 g/mol. The Hall–Kier alpha value is -1.24. The molecular formula is C16H21N3OS2. The molecule has 0 aliphatic carbocycles. The highest BCUT2D eigenvalue weighted by molar-refractivity contribution is 8.01. The summed E-state index contributed by atoms with van der Waals surface area (Å²) in [6.07, 6.45) is 1.96. The van der Waals surface area contributed by atoms with Gasteiger partial charge >= 0.3 is 0 Å². The standard InChI is InChI=1S/C16H21N3OS2/c1-11-7-12(20-4)5-6-13(11)18-16(3)19-15(2,9-22-16)14-8-17-10-21-14/h5-8,10,18-19H,9H2,1-4H3. The van der Waals surface area contributed by atoms with E-state index in [9.17, 15) is 0 Å². The van der Waals surface area contributed by atoms with Crippen molar-refractivity contribution >= 4 is 28.8 Å². The number of nitrogens with zero attached hydrogens (tertiary/aromatic N) is 1. The summed E-state index contributed by atoms with van der Waals surface area (Å²) in [4.78, 5) is 5.28. The summed E-state index contributed by atoms with van der Waals surface area (Å²) < 4.78 is 5.27. The van der Waals surface area contributed by atoms with Gasteiger partial charge in [-0.15, -0.1) is 23.1 Å². The number of methoxy groups -OCH3 is 1. The number of hydrogen-bond acceptors (Lipinski definition) is 6. The van der Waals surface area contributed by atoms with Crippen LogP contribution in [-0.4, -0.2) is 22.8 Å². The maximum Gasteiger partial charge on any atom is 0.134 e. The molecule has 1 aromatic carbocycles. The van der Waals surface area contributed by atoms with Crippen molar-refractivity contribution < 1.29 is 4.74 Å². The molecule has 6 heteroatoms. The Morgan fingerprint density at radius 1 is 1.36 bits per heavy atom. The predicted molar refractivity (Wildman–Crippen MR) is 94.8 cm³/mol. The first-order chi connectivity index (χ1) is 10.4. The van der Waals surface area contributed by atoms with Crippen molar-refractivity contribution in [2.24, 2.45) is 0 Å². The molecule has 2 unspecified atom stereocenters. The molecule has 1 aromatic heterocycles. The van der Waals surface area contributed by atoms with Crippen LogP contribution in [0.25, 0.3) is 0 Å². The van der Waals surface area contributed by atoms with E-state index in [0.717, 1.165) is 17.2 Å². The lowest BCUT2D eigenvalue weighted by Gasteiger charge is -2.31. The minimum atomic E-state index is -0.210. The highest BCUT2D eigenvalue weighted by Crippen LogP contribution is 2.42. The van der Waals surface area contributed by atoms with E-state index in [4.69, 9.17) is 4.74 Å².